The maximum absolute atomic E-state index is 13.2. The number of amides is 3. The van der Waals surface area contributed by atoms with E-state index in [0.717, 1.165) is 23.7 Å². The third-order valence-electron chi connectivity index (χ3n) is 5.87. The van der Waals surface area contributed by atoms with E-state index in [1.54, 1.807) is 54.6 Å². The molecule has 0 aliphatic heterocycles. The van der Waals surface area contributed by atoms with E-state index >= 15 is 0 Å². The van der Waals surface area contributed by atoms with Gasteiger partial charge in [-0.15, -0.1) is 0 Å². The van der Waals surface area contributed by atoms with Crippen molar-refractivity contribution in [2.24, 2.45) is 0 Å². The smallest absolute Gasteiger partial charge is 0.328 e. The predicted octanol–water partition coefficient (Wildman–Crippen LogP) is 6.11. The molecule has 0 fully saturated rings. The lowest BCUT2D eigenvalue weighted by Gasteiger charge is -2.13. The first-order valence-electron chi connectivity index (χ1n) is 12.4. The van der Waals surface area contributed by atoms with Gasteiger partial charge in [-0.05, 0) is 86.0 Å². The minimum Gasteiger partial charge on any atom is -0.494 e. The molecule has 8 nitrogen and oxygen atoms in total. The largest absolute Gasteiger partial charge is 0.494 e. The molecule has 3 amide bonds. The van der Waals surface area contributed by atoms with Crippen molar-refractivity contribution >= 4 is 55.9 Å². The second-order valence-electron chi connectivity index (χ2n) is 8.68. The maximum Gasteiger partial charge on any atom is 0.328 e. The van der Waals surface area contributed by atoms with Gasteiger partial charge < -0.3 is 15.4 Å². The molecule has 4 aromatic rings. The molecule has 9 heteroatoms. The van der Waals surface area contributed by atoms with Crippen LogP contribution in [-0.2, 0) is 16.0 Å². The average Bonchev–Trinajstić information content (AvgIpc) is 3.26. The number of unbranched alkanes of at least 4 members (excludes halogenated alkanes) is 1. The number of nitrogens with zero attached hydrogens (tertiary/aromatic N) is 1. The van der Waals surface area contributed by atoms with Crippen LogP contribution in [0, 0.1) is 0 Å². The van der Waals surface area contributed by atoms with E-state index in [0.29, 0.717) is 34.6 Å². The Morgan fingerprint density at radius 3 is 2.21 bits per heavy atom. The highest BCUT2D eigenvalue weighted by atomic mass is 79.9. The minimum atomic E-state index is -0.907. The van der Waals surface area contributed by atoms with E-state index in [9.17, 15) is 14.4 Å². The monoisotopic (exact) mass is 576 g/mol. The molecule has 0 aliphatic rings. The molecule has 0 atom stereocenters. The molecule has 0 unspecified atom stereocenters. The van der Waals surface area contributed by atoms with Crippen LogP contribution < -0.4 is 20.8 Å². The number of nitrogens with one attached hydrogen (secondary N) is 3. The number of carbonyl (C=O) groups is 3. The van der Waals surface area contributed by atoms with Gasteiger partial charge in [-0.1, -0.05) is 41.4 Å². The van der Waals surface area contributed by atoms with Gasteiger partial charge in [0.2, 0.25) is 0 Å². The van der Waals surface area contributed by atoms with Crippen LogP contribution in [0.2, 0.25) is 0 Å². The normalized spacial score (nSPS) is 10.7. The van der Waals surface area contributed by atoms with Crippen molar-refractivity contribution in [3.63, 3.8) is 0 Å². The van der Waals surface area contributed by atoms with Crippen molar-refractivity contribution in [1.82, 2.24) is 4.68 Å². The van der Waals surface area contributed by atoms with Gasteiger partial charge in [-0.25, -0.2) is 4.68 Å². The van der Waals surface area contributed by atoms with Crippen LogP contribution in [0.25, 0.3) is 10.9 Å². The highest BCUT2D eigenvalue weighted by Crippen LogP contribution is 2.24. The Morgan fingerprint density at radius 2 is 1.53 bits per heavy atom. The standard InChI is InChI=1S/C29H29BrN4O4/c1-3-5-6-19-7-10-22(11-8-19)32-28(36)29(37)33-34-25-16-9-21(30)17-20(25)18-26(34)27(35)31-23-12-14-24(15-13-23)38-4-2/h7-18H,3-6H2,1-2H3,(H,31,35)(H,32,36)(H,33,37). The summed E-state index contributed by atoms with van der Waals surface area (Å²) in [4.78, 5) is 38.8. The van der Waals surface area contributed by atoms with Crippen LogP contribution in [-0.4, -0.2) is 29.0 Å². The van der Waals surface area contributed by atoms with Gasteiger partial charge in [0.1, 0.15) is 11.4 Å². The average molecular weight is 577 g/mol. The van der Waals surface area contributed by atoms with E-state index in [1.807, 2.05) is 25.1 Å². The zero-order valence-corrected chi connectivity index (χ0v) is 22.8. The Balaban J connectivity index is 1.52. The molecule has 196 valence electrons. The molecule has 0 bridgehead atoms. The highest BCUT2D eigenvalue weighted by Gasteiger charge is 2.21. The molecule has 1 heterocycles. The molecule has 3 N–H and O–H groups in total. The van der Waals surface area contributed by atoms with Gasteiger partial charge in [0, 0.05) is 21.2 Å². The second kappa shape index (κ2) is 12.4. The van der Waals surface area contributed by atoms with Crippen molar-refractivity contribution in [1.29, 1.82) is 0 Å². The Morgan fingerprint density at radius 1 is 0.842 bits per heavy atom. The third kappa shape index (κ3) is 6.60. The topological polar surface area (TPSA) is 101 Å². The summed E-state index contributed by atoms with van der Waals surface area (Å²) in [5.74, 6) is -1.51. The lowest BCUT2D eigenvalue weighted by Crippen LogP contribution is -2.36. The molecule has 0 saturated heterocycles. The van der Waals surface area contributed by atoms with Crippen LogP contribution in [0.15, 0.2) is 77.3 Å². The second-order valence-corrected chi connectivity index (χ2v) is 9.59. The van der Waals surface area contributed by atoms with E-state index in [2.05, 4.69) is 38.9 Å². The number of anilines is 2. The number of aromatic nitrogens is 1. The van der Waals surface area contributed by atoms with Crippen LogP contribution in [0.1, 0.15) is 42.7 Å². The molecule has 0 spiro atoms. The van der Waals surface area contributed by atoms with Crippen molar-refractivity contribution in [2.45, 2.75) is 33.1 Å². The molecule has 3 aromatic carbocycles. The van der Waals surface area contributed by atoms with Crippen molar-refractivity contribution in [2.75, 3.05) is 22.7 Å². The summed E-state index contributed by atoms with van der Waals surface area (Å²) in [5.41, 5.74) is 5.54. The van der Waals surface area contributed by atoms with Crippen molar-refractivity contribution in [3.05, 3.63) is 88.5 Å². The first-order valence-corrected chi connectivity index (χ1v) is 13.2. The Bertz CT molecular complexity index is 1450. The number of benzene rings is 3. The van der Waals surface area contributed by atoms with Gasteiger partial charge in [0.05, 0.1) is 12.1 Å². The quantitative estimate of drug-likeness (QED) is 0.209. The maximum atomic E-state index is 13.2. The summed E-state index contributed by atoms with van der Waals surface area (Å²) >= 11 is 3.43. The number of hydrogen-bond donors (Lipinski definition) is 3. The minimum absolute atomic E-state index is 0.161. The summed E-state index contributed by atoms with van der Waals surface area (Å²) in [7, 11) is 0. The molecule has 1 aromatic heterocycles. The van der Waals surface area contributed by atoms with Gasteiger partial charge in [-0.3, -0.25) is 19.8 Å². The summed E-state index contributed by atoms with van der Waals surface area (Å²) in [6.07, 6.45) is 3.15. The van der Waals surface area contributed by atoms with E-state index < -0.39 is 17.7 Å². The Hall–Kier alpha value is -4.11. The summed E-state index contributed by atoms with van der Waals surface area (Å²) in [6.45, 7) is 4.57. The molecule has 4 rings (SSSR count). The van der Waals surface area contributed by atoms with Crippen LogP contribution >= 0.6 is 15.9 Å². The van der Waals surface area contributed by atoms with E-state index in [1.165, 1.54) is 10.2 Å². The Labute approximate surface area is 229 Å². The lowest BCUT2D eigenvalue weighted by molar-refractivity contribution is -0.133. The molecule has 38 heavy (non-hydrogen) atoms. The molecular weight excluding hydrogens is 548 g/mol. The number of aryl methyl sites for hydroxylation is 1. The fourth-order valence-corrected chi connectivity index (χ4v) is 4.32. The number of fused-ring (bicyclic) bond motifs is 1. The third-order valence-corrected chi connectivity index (χ3v) is 6.36. The molecule has 0 aliphatic carbocycles. The van der Waals surface area contributed by atoms with Gasteiger partial charge in [0.25, 0.3) is 5.91 Å². The summed E-state index contributed by atoms with van der Waals surface area (Å²) in [6, 6.07) is 21.4. The van der Waals surface area contributed by atoms with Gasteiger partial charge in [-0.2, -0.15) is 0 Å². The van der Waals surface area contributed by atoms with Crippen molar-refractivity contribution < 1.29 is 19.1 Å². The predicted molar refractivity (Wildman–Crippen MR) is 153 cm³/mol. The molecule has 0 radical (unpaired) electrons. The fraction of sp³-hybridized carbons (Fsp3) is 0.207. The van der Waals surface area contributed by atoms with Crippen LogP contribution in [0.3, 0.4) is 0 Å². The first kappa shape index (κ1) is 26.9. The van der Waals surface area contributed by atoms with Gasteiger partial charge in [0.15, 0.2) is 0 Å². The number of hydrogen-bond acceptors (Lipinski definition) is 4. The van der Waals surface area contributed by atoms with Gasteiger partial charge >= 0.3 is 11.8 Å². The zero-order valence-electron chi connectivity index (χ0n) is 21.2. The summed E-state index contributed by atoms with van der Waals surface area (Å²) < 4.78 is 7.58. The molecular formula is C29H29BrN4O4. The summed E-state index contributed by atoms with van der Waals surface area (Å²) in [5, 5.41) is 6.15. The first-order chi connectivity index (χ1) is 18.4. The molecule has 0 saturated carbocycles. The van der Waals surface area contributed by atoms with Crippen molar-refractivity contribution in [3.8, 4) is 5.75 Å². The number of ether oxygens (including phenoxy) is 1. The lowest BCUT2D eigenvalue weighted by atomic mass is 10.1. The highest BCUT2D eigenvalue weighted by molar-refractivity contribution is 9.10. The van der Waals surface area contributed by atoms with E-state index in [-0.39, 0.29) is 5.69 Å². The zero-order chi connectivity index (χ0) is 27.1. The number of carbonyl (C=O) groups excluding carboxylic acids is 3. The SMILES string of the molecule is CCCCc1ccc(NC(=O)C(=O)Nn2c(C(=O)Nc3ccc(OCC)cc3)cc3cc(Br)ccc32)cc1. The fourth-order valence-electron chi connectivity index (χ4n) is 3.95. The number of halogens is 1. The number of rotatable bonds is 9. The van der Waals surface area contributed by atoms with E-state index in [4.69, 9.17) is 4.74 Å². The van der Waals surface area contributed by atoms with Crippen LogP contribution in [0.5, 0.6) is 5.75 Å². The van der Waals surface area contributed by atoms with Crippen LogP contribution in [0.4, 0.5) is 11.4 Å². The Kier molecular flexibility index (Phi) is 8.81.